The summed E-state index contributed by atoms with van der Waals surface area (Å²) in [6.45, 7) is 7.25. The molecule has 0 spiro atoms. The topological polar surface area (TPSA) is 20.7 Å². The van der Waals surface area contributed by atoms with Gasteiger partial charge < -0.3 is 9.55 Å². The summed E-state index contributed by atoms with van der Waals surface area (Å²) in [5.41, 5.74) is 2.73. The zero-order valence-corrected chi connectivity index (χ0v) is 14.3. The van der Waals surface area contributed by atoms with E-state index in [2.05, 4.69) is 36.4 Å². The number of aromatic amines is 1. The minimum absolute atomic E-state index is 0.263. The Kier molecular flexibility index (Phi) is 2.73. The molecule has 112 valence electrons. The van der Waals surface area contributed by atoms with Crippen LogP contribution in [0.3, 0.4) is 0 Å². The highest BCUT2D eigenvalue weighted by atomic mass is 35.5. The monoisotopic (exact) mass is 320 g/mol. The summed E-state index contributed by atoms with van der Waals surface area (Å²) in [5, 5.41) is 0.794. The molecule has 2 saturated carbocycles. The number of rotatable bonds is 1. The van der Waals surface area contributed by atoms with E-state index >= 15 is 0 Å². The standard InChI is InChI=1S/C17H21ClN2S/c1-16(2)10-7-8-17(3,9-10)14(16)20-13-11(18)5-4-6-12(13)19-15(20)21/h4-6,10,14H,7-9H2,1-3H3,(H,19,21). The molecule has 1 heterocycles. The first kappa shape index (κ1) is 13.8. The Morgan fingerprint density at radius 1 is 1.33 bits per heavy atom. The minimum atomic E-state index is 0.263. The molecule has 1 aromatic carbocycles. The number of H-pyrrole nitrogens is 1. The first-order valence-electron chi connectivity index (χ1n) is 7.73. The molecule has 4 heteroatoms. The third-order valence-electron chi connectivity index (χ3n) is 6.14. The normalized spacial score (nSPS) is 33.9. The van der Waals surface area contributed by atoms with Crippen LogP contribution in [0.1, 0.15) is 46.1 Å². The van der Waals surface area contributed by atoms with Crippen LogP contribution in [0, 0.1) is 21.5 Å². The molecule has 0 radical (unpaired) electrons. The molecule has 2 aliphatic rings. The predicted octanol–water partition coefficient (Wildman–Crippen LogP) is 5.74. The second-order valence-electron chi connectivity index (χ2n) is 7.75. The van der Waals surface area contributed by atoms with Gasteiger partial charge in [0.15, 0.2) is 4.77 Å². The quantitative estimate of drug-likeness (QED) is 0.664. The molecule has 2 aliphatic carbocycles. The van der Waals surface area contributed by atoms with Gasteiger partial charge in [-0.25, -0.2) is 0 Å². The number of fused-ring (bicyclic) bond motifs is 3. The molecule has 2 bridgehead atoms. The number of halogens is 1. The third-order valence-corrected chi connectivity index (χ3v) is 6.74. The Bertz CT molecular complexity index is 783. The van der Waals surface area contributed by atoms with Crippen LogP contribution in [-0.4, -0.2) is 9.55 Å². The molecule has 1 N–H and O–H groups in total. The van der Waals surface area contributed by atoms with Gasteiger partial charge in [-0.2, -0.15) is 0 Å². The number of nitrogens with one attached hydrogen (secondary N) is 1. The summed E-state index contributed by atoms with van der Waals surface area (Å²) in [5.74, 6) is 0.793. The summed E-state index contributed by atoms with van der Waals surface area (Å²) < 4.78 is 3.14. The molecular weight excluding hydrogens is 300 g/mol. The molecule has 21 heavy (non-hydrogen) atoms. The maximum Gasteiger partial charge on any atom is 0.178 e. The molecule has 0 amide bonds. The zero-order valence-electron chi connectivity index (χ0n) is 12.7. The summed E-state index contributed by atoms with van der Waals surface area (Å²) in [7, 11) is 0. The van der Waals surface area contributed by atoms with Gasteiger partial charge >= 0.3 is 0 Å². The lowest BCUT2D eigenvalue weighted by atomic mass is 9.68. The highest BCUT2D eigenvalue weighted by Crippen LogP contribution is 2.68. The van der Waals surface area contributed by atoms with Crippen molar-refractivity contribution in [2.45, 2.75) is 46.1 Å². The van der Waals surface area contributed by atoms with Crippen molar-refractivity contribution < 1.29 is 0 Å². The van der Waals surface area contributed by atoms with E-state index in [4.69, 9.17) is 23.8 Å². The van der Waals surface area contributed by atoms with E-state index in [1.807, 2.05) is 12.1 Å². The van der Waals surface area contributed by atoms with Crippen LogP contribution >= 0.6 is 23.8 Å². The Morgan fingerprint density at radius 3 is 2.76 bits per heavy atom. The molecule has 2 fully saturated rings. The van der Waals surface area contributed by atoms with E-state index in [1.54, 1.807) is 0 Å². The summed E-state index contributed by atoms with van der Waals surface area (Å²) in [4.78, 5) is 3.35. The number of para-hydroxylation sites is 1. The number of benzene rings is 1. The van der Waals surface area contributed by atoms with Gasteiger partial charge in [-0.3, -0.25) is 0 Å². The average Bonchev–Trinajstić information content (AvgIpc) is 2.98. The van der Waals surface area contributed by atoms with Gasteiger partial charge in [-0.15, -0.1) is 0 Å². The smallest absolute Gasteiger partial charge is 0.178 e. The molecular formula is C17H21ClN2S. The van der Waals surface area contributed by atoms with Crippen LogP contribution in [0.25, 0.3) is 11.0 Å². The summed E-state index contributed by atoms with van der Waals surface area (Å²) >= 11 is 12.2. The van der Waals surface area contributed by atoms with Crippen molar-refractivity contribution in [2.24, 2.45) is 16.7 Å². The lowest BCUT2D eigenvalue weighted by Crippen LogP contribution is -2.37. The van der Waals surface area contributed by atoms with Crippen molar-refractivity contribution >= 4 is 34.9 Å². The van der Waals surface area contributed by atoms with E-state index < -0.39 is 0 Å². The lowest BCUT2D eigenvalue weighted by molar-refractivity contribution is 0.0855. The van der Waals surface area contributed by atoms with Gasteiger partial charge in [0.2, 0.25) is 0 Å². The molecule has 2 aromatic rings. The predicted molar refractivity (Wildman–Crippen MR) is 90.4 cm³/mol. The second-order valence-corrected chi connectivity index (χ2v) is 8.55. The van der Waals surface area contributed by atoms with Gasteiger partial charge in [0, 0.05) is 6.04 Å². The molecule has 2 nitrogen and oxygen atoms in total. The van der Waals surface area contributed by atoms with Crippen LogP contribution in [0.5, 0.6) is 0 Å². The van der Waals surface area contributed by atoms with Gasteiger partial charge in [-0.1, -0.05) is 38.4 Å². The van der Waals surface area contributed by atoms with E-state index in [0.29, 0.717) is 11.5 Å². The molecule has 0 aliphatic heterocycles. The van der Waals surface area contributed by atoms with Gasteiger partial charge in [0.25, 0.3) is 0 Å². The summed E-state index contributed by atoms with van der Waals surface area (Å²) in [6.07, 6.45) is 3.96. The maximum atomic E-state index is 6.51. The molecule has 0 saturated heterocycles. The van der Waals surface area contributed by atoms with Crippen molar-refractivity contribution in [1.82, 2.24) is 9.55 Å². The number of nitrogens with zero attached hydrogens (tertiary/aromatic N) is 1. The van der Waals surface area contributed by atoms with E-state index in [0.717, 1.165) is 26.7 Å². The van der Waals surface area contributed by atoms with Crippen LogP contribution in [0.2, 0.25) is 5.02 Å². The Morgan fingerprint density at radius 2 is 2.10 bits per heavy atom. The SMILES string of the molecule is CC12CCC(C1)C(C)(C)C2n1c(=S)[nH]c2cccc(Cl)c21. The van der Waals surface area contributed by atoms with Crippen molar-refractivity contribution in [1.29, 1.82) is 0 Å². The first-order valence-corrected chi connectivity index (χ1v) is 8.52. The highest BCUT2D eigenvalue weighted by Gasteiger charge is 2.60. The summed E-state index contributed by atoms with van der Waals surface area (Å²) in [6, 6.07) is 6.43. The zero-order chi connectivity index (χ0) is 15.0. The molecule has 3 unspecified atom stereocenters. The van der Waals surface area contributed by atoms with Gasteiger partial charge in [-0.05, 0) is 60.4 Å². The largest absolute Gasteiger partial charge is 0.331 e. The molecule has 4 rings (SSSR count). The number of hydrogen-bond acceptors (Lipinski definition) is 1. The number of hydrogen-bond donors (Lipinski definition) is 1. The van der Waals surface area contributed by atoms with E-state index in [1.165, 1.54) is 19.3 Å². The fourth-order valence-corrected chi connectivity index (χ4v) is 5.88. The Balaban J connectivity index is 2.03. The fraction of sp³-hybridized carbons (Fsp3) is 0.588. The van der Waals surface area contributed by atoms with Gasteiger partial charge in [0.1, 0.15) is 0 Å². The van der Waals surface area contributed by atoms with Crippen LogP contribution in [-0.2, 0) is 0 Å². The third kappa shape index (κ3) is 1.68. The average molecular weight is 321 g/mol. The van der Waals surface area contributed by atoms with E-state index in [9.17, 15) is 0 Å². The van der Waals surface area contributed by atoms with Crippen molar-refractivity contribution in [3.8, 4) is 0 Å². The molecule has 1 aromatic heterocycles. The van der Waals surface area contributed by atoms with Crippen molar-refractivity contribution in [3.63, 3.8) is 0 Å². The van der Waals surface area contributed by atoms with Crippen LogP contribution in [0.4, 0.5) is 0 Å². The van der Waals surface area contributed by atoms with Crippen LogP contribution in [0.15, 0.2) is 18.2 Å². The van der Waals surface area contributed by atoms with Crippen LogP contribution < -0.4 is 0 Å². The Labute approximate surface area is 135 Å². The van der Waals surface area contributed by atoms with Crippen molar-refractivity contribution in [2.75, 3.05) is 0 Å². The fourth-order valence-electron chi connectivity index (χ4n) is 5.30. The second kappa shape index (κ2) is 4.14. The number of aromatic nitrogens is 2. The first-order chi connectivity index (χ1) is 9.84. The number of imidazole rings is 1. The maximum absolute atomic E-state index is 6.51. The van der Waals surface area contributed by atoms with E-state index in [-0.39, 0.29) is 5.41 Å². The lowest BCUT2D eigenvalue weighted by Gasteiger charge is -2.43. The molecule has 3 atom stereocenters. The van der Waals surface area contributed by atoms with Gasteiger partial charge in [0.05, 0.1) is 16.1 Å². The minimum Gasteiger partial charge on any atom is -0.331 e. The highest BCUT2D eigenvalue weighted by molar-refractivity contribution is 7.71. The Hall–Kier alpha value is -0.800. The van der Waals surface area contributed by atoms with Crippen molar-refractivity contribution in [3.05, 3.63) is 28.0 Å².